The fourth-order valence-corrected chi connectivity index (χ4v) is 1.85. The fraction of sp³-hybridized carbons (Fsp3) is 0.133. The number of hydrogen-bond donors (Lipinski definition) is 0. The molecular weight excluding hydrogens is 254 g/mol. The van der Waals surface area contributed by atoms with E-state index in [1.807, 2.05) is 6.07 Å². The SMILES string of the molecule is CN(C(=O)c1ccn(C)c(=O)c1)c1ccccc1C#N. The highest BCUT2D eigenvalue weighted by molar-refractivity contribution is 6.06. The van der Waals surface area contributed by atoms with Gasteiger partial charge in [0, 0.05) is 31.9 Å². The summed E-state index contributed by atoms with van der Waals surface area (Å²) < 4.78 is 1.39. The normalized spacial score (nSPS) is 9.85. The maximum Gasteiger partial charge on any atom is 0.258 e. The van der Waals surface area contributed by atoms with Gasteiger partial charge in [0.15, 0.2) is 0 Å². The van der Waals surface area contributed by atoms with Gasteiger partial charge in [-0.3, -0.25) is 9.59 Å². The van der Waals surface area contributed by atoms with Crippen LogP contribution in [0.25, 0.3) is 0 Å². The van der Waals surface area contributed by atoms with Crippen molar-refractivity contribution in [2.24, 2.45) is 7.05 Å². The van der Waals surface area contributed by atoms with Crippen LogP contribution in [0.3, 0.4) is 0 Å². The molecule has 5 nitrogen and oxygen atoms in total. The summed E-state index contributed by atoms with van der Waals surface area (Å²) in [5.41, 5.74) is 0.967. The molecule has 0 N–H and O–H groups in total. The standard InChI is InChI=1S/C15H13N3O2/c1-17-8-7-11(9-14(17)19)15(20)18(2)13-6-4-3-5-12(13)10-16/h3-9H,1-2H3. The molecule has 1 amide bonds. The molecule has 5 heteroatoms. The van der Waals surface area contributed by atoms with Crippen LogP contribution in [0.2, 0.25) is 0 Å². The van der Waals surface area contributed by atoms with E-state index in [-0.39, 0.29) is 11.5 Å². The van der Waals surface area contributed by atoms with Gasteiger partial charge in [-0.1, -0.05) is 12.1 Å². The van der Waals surface area contributed by atoms with E-state index in [0.717, 1.165) is 0 Å². The highest BCUT2D eigenvalue weighted by atomic mass is 16.2. The number of carbonyl (C=O) groups excluding carboxylic acids is 1. The zero-order valence-electron chi connectivity index (χ0n) is 11.2. The zero-order chi connectivity index (χ0) is 14.7. The summed E-state index contributed by atoms with van der Waals surface area (Å²) in [6.07, 6.45) is 1.54. The Balaban J connectivity index is 2.40. The molecule has 20 heavy (non-hydrogen) atoms. The zero-order valence-corrected chi connectivity index (χ0v) is 11.2. The summed E-state index contributed by atoms with van der Waals surface area (Å²) in [5, 5.41) is 9.06. The van der Waals surface area contributed by atoms with E-state index < -0.39 is 0 Å². The van der Waals surface area contributed by atoms with E-state index in [4.69, 9.17) is 5.26 Å². The molecule has 2 rings (SSSR count). The molecule has 0 unspecified atom stereocenters. The van der Waals surface area contributed by atoms with Crippen molar-refractivity contribution in [3.05, 3.63) is 64.1 Å². The number of benzene rings is 1. The maximum absolute atomic E-state index is 12.3. The number of carbonyl (C=O) groups is 1. The largest absolute Gasteiger partial charge is 0.319 e. The smallest absolute Gasteiger partial charge is 0.258 e. The van der Waals surface area contributed by atoms with Gasteiger partial charge in [-0.15, -0.1) is 0 Å². The Hall–Kier alpha value is -2.87. The molecule has 0 radical (unpaired) electrons. The van der Waals surface area contributed by atoms with Crippen molar-refractivity contribution in [2.75, 3.05) is 11.9 Å². The van der Waals surface area contributed by atoms with Gasteiger partial charge in [0.1, 0.15) is 6.07 Å². The van der Waals surface area contributed by atoms with Crippen molar-refractivity contribution in [2.45, 2.75) is 0 Å². The van der Waals surface area contributed by atoms with Crippen LogP contribution in [0.1, 0.15) is 15.9 Å². The van der Waals surface area contributed by atoms with Crippen molar-refractivity contribution in [1.82, 2.24) is 4.57 Å². The van der Waals surface area contributed by atoms with Crippen LogP contribution in [0.15, 0.2) is 47.4 Å². The lowest BCUT2D eigenvalue weighted by Crippen LogP contribution is -2.28. The lowest BCUT2D eigenvalue weighted by molar-refractivity contribution is 0.0992. The van der Waals surface area contributed by atoms with Gasteiger partial charge in [-0.05, 0) is 18.2 Å². The third-order valence-electron chi connectivity index (χ3n) is 3.04. The van der Waals surface area contributed by atoms with Crippen LogP contribution in [0.4, 0.5) is 5.69 Å². The Morgan fingerprint density at radius 3 is 2.65 bits per heavy atom. The number of rotatable bonds is 2. The number of para-hydroxylation sites is 1. The summed E-state index contributed by atoms with van der Waals surface area (Å²) in [7, 11) is 3.20. The van der Waals surface area contributed by atoms with Crippen LogP contribution in [0.5, 0.6) is 0 Å². The van der Waals surface area contributed by atoms with E-state index >= 15 is 0 Å². The molecule has 0 atom stereocenters. The van der Waals surface area contributed by atoms with E-state index in [1.54, 1.807) is 50.6 Å². The monoisotopic (exact) mass is 267 g/mol. The molecule has 2 aromatic rings. The first-order valence-corrected chi connectivity index (χ1v) is 5.98. The van der Waals surface area contributed by atoms with Crippen molar-refractivity contribution in [1.29, 1.82) is 5.26 Å². The first kappa shape index (κ1) is 13.6. The summed E-state index contributed by atoms with van der Waals surface area (Å²) in [6.45, 7) is 0. The van der Waals surface area contributed by atoms with Crippen LogP contribution < -0.4 is 10.5 Å². The first-order valence-electron chi connectivity index (χ1n) is 5.98. The molecule has 0 bridgehead atoms. The molecule has 100 valence electrons. The van der Waals surface area contributed by atoms with Gasteiger partial charge in [0.25, 0.3) is 11.5 Å². The second-order valence-corrected chi connectivity index (χ2v) is 4.36. The number of pyridine rings is 1. The molecular formula is C15H13N3O2. The minimum absolute atomic E-state index is 0.252. The predicted molar refractivity (Wildman–Crippen MR) is 75.6 cm³/mol. The van der Waals surface area contributed by atoms with E-state index in [0.29, 0.717) is 16.8 Å². The second kappa shape index (κ2) is 5.41. The van der Waals surface area contributed by atoms with Gasteiger partial charge in [-0.2, -0.15) is 5.26 Å². The van der Waals surface area contributed by atoms with Gasteiger partial charge in [0.2, 0.25) is 0 Å². The summed E-state index contributed by atoms with van der Waals surface area (Å²) >= 11 is 0. The number of nitriles is 1. The Bertz CT molecular complexity index is 756. The molecule has 0 fully saturated rings. The second-order valence-electron chi connectivity index (χ2n) is 4.36. The Morgan fingerprint density at radius 2 is 2.00 bits per heavy atom. The summed E-state index contributed by atoms with van der Waals surface area (Å²) in [4.78, 5) is 25.3. The molecule has 0 aliphatic carbocycles. The van der Waals surface area contributed by atoms with E-state index in [1.165, 1.54) is 15.5 Å². The van der Waals surface area contributed by atoms with Crippen molar-refractivity contribution >= 4 is 11.6 Å². The molecule has 1 aromatic heterocycles. The lowest BCUT2D eigenvalue weighted by Gasteiger charge is -2.18. The topological polar surface area (TPSA) is 66.1 Å². The number of amides is 1. The molecule has 0 aliphatic heterocycles. The van der Waals surface area contributed by atoms with Gasteiger partial charge >= 0.3 is 0 Å². The number of aromatic nitrogens is 1. The summed E-state index contributed by atoms with van der Waals surface area (Å²) in [6, 6.07) is 11.7. The van der Waals surface area contributed by atoms with Gasteiger partial charge < -0.3 is 9.47 Å². The molecule has 1 aromatic carbocycles. The van der Waals surface area contributed by atoms with Crippen LogP contribution in [0, 0.1) is 11.3 Å². The van der Waals surface area contributed by atoms with Crippen molar-refractivity contribution in [3.8, 4) is 6.07 Å². The third kappa shape index (κ3) is 2.45. The first-order chi connectivity index (χ1) is 9.54. The highest BCUT2D eigenvalue weighted by Crippen LogP contribution is 2.19. The van der Waals surface area contributed by atoms with E-state index in [2.05, 4.69) is 0 Å². The number of nitrogens with zero attached hydrogens (tertiary/aromatic N) is 3. The van der Waals surface area contributed by atoms with Crippen LogP contribution in [-0.4, -0.2) is 17.5 Å². The van der Waals surface area contributed by atoms with Gasteiger partial charge in [-0.25, -0.2) is 0 Å². The highest BCUT2D eigenvalue weighted by Gasteiger charge is 2.16. The number of hydrogen-bond acceptors (Lipinski definition) is 3. The van der Waals surface area contributed by atoms with Crippen molar-refractivity contribution in [3.63, 3.8) is 0 Å². The Kier molecular flexibility index (Phi) is 3.67. The predicted octanol–water partition coefficient (Wildman–Crippen LogP) is 1.53. The molecule has 0 spiro atoms. The fourth-order valence-electron chi connectivity index (χ4n) is 1.85. The molecule has 0 saturated carbocycles. The minimum Gasteiger partial charge on any atom is -0.319 e. The van der Waals surface area contributed by atoms with Gasteiger partial charge in [0.05, 0.1) is 11.3 Å². The lowest BCUT2D eigenvalue weighted by atomic mass is 10.1. The Labute approximate surface area is 116 Å². The quantitative estimate of drug-likeness (QED) is 0.828. The number of anilines is 1. The van der Waals surface area contributed by atoms with Crippen LogP contribution >= 0.6 is 0 Å². The van der Waals surface area contributed by atoms with E-state index in [9.17, 15) is 9.59 Å². The van der Waals surface area contributed by atoms with Crippen molar-refractivity contribution < 1.29 is 4.79 Å². The van der Waals surface area contributed by atoms with Crippen LogP contribution in [-0.2, 0) is 7.05 Å². The number of aryl methyl sites for hydroxylation is 1. The average molecular weight is 267 g/mol. The third-order valence-corrected chi connectivity index (χ3v) is 3.04. The minimum atomic E-state index is -0.328. The molecule has 1 heterocycles. The molecule has 0 saturated heterocycles. The summed E-state index contributed by atoms with van der Waals surface area (Å²) in [5.74, 6) is -0.328. The Morgan fingerprint density at radius 1 is 1.30 bits per heavy atom. The maximum atomic E-state index is 12.3. The molecule has 0 aliphatic rings. The average Bonchev–Trinajstić information content (AvgIpc) is 2.48.